The predicted octanol–water partition coefficient (Wildman–Crippen LogP) is -2.20. The van der Waals surface area contributed by atoms with Crippen LogP contribution in [0.4, 0.5) is 0 Å². The van der Waals surface area contributed by atoms with Crippen LogP contribution in [-0.2, 0) is 12.7 Å². The van der Waals surface area contributed by atoms with Crippen molar-refractivity contribution in [2.45, 2.75) is 0 Å². The second-order valence-corrected chi connectivity index (χ2v) is 2.58. The molecule has 0 fully saturated rings. The molecule has 0 spiro atoms. The normalized spacial score (nSPS) is 10.4. The summed E-state index contributed by atoms with van der Waals surface area (Å²) in [6.45, 7) is 0. The van der Waals surface area contributed by atoms with Crippen LogP contribution in [0.5, 0.6) is 0 Å². The first-order valence-electron chi connectivity index (χ1n) is 1.04. The molecule has 0 heterocycles. The van der Waals surface area contributed by atoms with Crippen molar-refractivity contribution in [2.24, 2.45) is 0 Å². The van der Waals surface area contributed by atoms with Gasteiger partial charge >= 0.3 is 26.7 Å². The van der Waals surface area contributed by atoms with Crippen molar-refractivity contribution in [3.63, 3.8) is 0 Å². The molecule has 0 atom stereocenters. The number of hydrogen-bond donors (Lipinski definition) is 0. The van der Waals surface area contributed by atoms with Gasteiger partial charge < -0.3 is 4.89 Å². The van der Waals surface area contributed by atoms with E-state index in [1.54, 1.807) is 0 Å². The molecule has 0 aliphatic carbocycles. The average Bonchev–Trinajstić information content (AvgIpc) is 1.68. The fourth-order valence-corrected chi connectivity index (χ4v) is 0.287. The van der Waals surface area contributed by atoms with Crippen molar-refractivity contribution in [1.82, 2.24) is 0 Å². The van der Waals surface area contributed by atoms with Crippen molar-refractivity contribution >= 4 is 31.6 Å². The fraction of sp³-hybridized carbons (Fsp3) is 0. The first kappa shape index (κ1) is 12.0. The third-order valence-corrected chi connectivity index (χ3v) is 1.52. The van der Waals surface area contributed by atoms with Gasteiger partial charge in [-0.25, -0.2) is 8.15 Å². The Morgan fingerprint density at radius 2 is 1.62 bits per heavy atom. The summed E-state index contributed by atoms with van der Waals surface area (Å²) in [7, 11) is -4.37. The smallest absolute Gasteiger partial charge is 0.754 e. The Hall–Kier alpha value is 1.29. The molecule has 0 aliphatic rings. The Balaban J connectivity index is 0. The number of rotatable bonds is 2. The molecule has 0 aromatic heterocycles. The maximum absolute atomic E-state index is 9.69. The minimum atomic E-state index is -4.37. The summed E-state index contributed by atoms with van der Waals surface area (Å²) in [5.74, 6) is 0. The molecule has 4 nitrogen and oxygen atoms in total. The molecule has 0 radical (unpaired) electrons. The third-order valence-electron chi connectivity index (χ3n) is 0.169. The topological polar surface area (TPSA) is 58.6 Å². The van der Waals surface area contributed by atoms with Crippen molar-refractivity contribution in [1.29, 1.82) is 0 Å². The molecule has 0 saturated heterocycles. The van der Waals surface area contributed by atoms with Gasteiger partial charge in [-0.1, -0.05) is 0 Å². The van der Waals surface area contributed by atoms with E-state index in [1.807, 2.05) is 0 Å². The molecule has 0 aromatic carbocycles. The molecule has 8 heteroatoms. The second-order valence-electron chi connectivity index (χ2n) is 0.585. The summed E-state index contributed by atoms with van der Waals surface area (Å²) < 4.78 is 16.1. The van der Waals surface area contributed by atoms with E-state index in [1.165, 1.54) is 0 Å². The molecule has 0 amide bonds. The molecule has 0 bridgehead atoms. The minimum Gasteiger partial charge on any atom is -0.754 e. The van der Waals surface area contributed by atoms with E-state index >= 15 is 0 Å². The predicted molar refractivity (Wildman–Crippen MR) is 21.5 cm³/mol. The molecule has 0 rings (SSSR count). The summed E-state index contributed by atoms with van der Waals surface area (Å²) in [5, 5.41) is 0. The summed E-state index contributed by atoms with van der Waals surface area (Å²) in [4.78, 5) is 9.69. The third kappa shape index (κ3) is 5.42. The van der Waals surface area contributed by atoms with Gasteiger partial charge in [-0.3, -0.25) is 4.57 Å². The van der Waals surface area contributed by atoms with E-state index < -0.39 is 7.82 Å². The zero-order valence-electron chi connectivity index (χ0n) is 3.84. The number of halogens is 2. The van der Waals surface area contributed by atoms with Crippen LogP contribution in [0.1, 0.15) is 0 Å². The molecule has 8 heavy (non-hydrogen) atoms. The van der Waals surface area contributed by atoms with Crippen LogP contribution in [0.3, 0.4) is 0 Å². The van der Waals surface area contributed by atoms with Crippen LogP contribution in [0, 0.1) is 0 Å². The van der Waals surface area contributed by atoms with Crippen LogP contribution in [0.15, 0.2) is 0 Å². The molecule has 0 aromatic rings. The van der Waals surface area contributed by atoms with Crippen LogP contribution < -0.4 is 23.8 Å². The monoisotopic (exact) mass is 172 g/mol. The van der Waals surface area contributed by atoms with Gasteiger partial charge in [-0.15, -0.1) is 0 Å². The molecule has 0 unspecified atom stereocenters. The van der Waals surface area contributed by atoms with Crippen molar-refractivity contribution in [2.75, 3.05) is 0 Å². The first-order chi connectivity index (χ1) is 3.12. The average molecular weight is 173 g/mol. The Kier molecular flexibility index (Phi) is 7.66. The van der Waals surface area contributed by atoms with Gasteiger partial charge in [0.2, 0.25) is 0 Å². The van der Waals surface area contributed by atoms with E-state index in [2.05, 4.69) is 31.9 Å². The molecule has 44 valence electrons. The number of hydrogen-bond acceptors (Lipinski definition) is 4. The largest absolute Gasteiger partial charge is 1.00 e. The van der Waals surface area contributed by atoms with E-state index in [0.717, 1.165) is 0 Å². The van der Waals surface area contributed by atoms with Gasteiger partial charge in [0, 0.05) is 0 Å². The van der Waals surface area contributed by atoms with E-state index in [9.17, 15) is 9.46 Å². The quantitative estimate of drug-likeness (QED) is 0.351. The molecular weight excluding hydrogens is 173 g/mol. The second kappa shape index (κ2) is 5.10. The zero-order valence-corrected chi connectivity index (χ0v) is 6.24. The fourth-order valence-electron chi connectivity index (χ4n) is 0.0106. The summed E-state index contributed by atoms with van der Waals surface area (Å²) in [6.07, 6.45) is 0. The van der Waals surface area contributed by atoms with Gasteiger partial charge in [0.05, 0.1) is 23.7 Å². The van der Waals surface area contributed by atoms with E-state index in [0.29, 0.717) is 0 Å². The Morgan fingerprint density at radius 1 is 1.38 bits per heavy atom. The molecular formula is Cl2LiO4P. The molecule has 0 aliphatic heterocycles. The van der Waals surface area contributed by atoms with Gasteiger partial charge in [-0.05, 0) is 0 Å². The first-order valence-corrected chi connectivity index (χ1v) is 3.12. The van der Waals surface area contributed by atoms with Crippen LogP contribution in [0.2, 0.25) is 0 Å². The maximum atomic E-state index is 9.69. The van der Waals surface area contributed by atoms with Crippen molar-refractivity contribution in [3.8, 4) is 0 Å². The Labute approximate surface area is 68.2 Å². The van der Waals surface area contributed by atoms with Crippen LogP contribution >= 0.6 is 31.6 Å². The van der Waals surface area contributed by atoms with E-state index in [4.69, 9.17) is 0 Å². The molecule has 0 saturated carbocycles. The Bertz CT molecular complexity index is 86.0. The SMILES string of the molecule is O=P([O-])(OCl)OCl.[Li+]. The summed E-state index contributed by atoms with van der Waals surface area (Å²) >= 11 is 8.62. The maximum Gasteiger partial charge on any atom is 1.00 e. The standard InChI is InChI=1S/Cl2HO4P.Li/c1-5-7(3,4)6-2;/h(H,3,4);/q;+1/p-1. The van der Waals surface area contributed by atoms with Crippen molar-refractivity contribution in [3.05, 3.63) is 0 Å². The zero-order chi connectivity index (χ0) is 5.91. The van der Waals surface area contributed by atoms with Crippen LogP contribution in [-0.4, -0.2) is 0 Å². The van der Waals surface area contributed by atoms with E-state index in [-0.39, 0.29) is 18.9 Å². The Morgan fingerprint density at radius 3 is 1.62 bits per heavy atom. The van der Waals surface area contributed by atoms with Gasteiger partial charge in [-0.2, -0.15) is 0 Å². The number of phosphoric acid groups is 1. The van der Waals surface area contributed by atoms with Gasteiger partial charge in [0.15, 0.2) is 0 Å². The molecule has 0 N–H and O–H groups in total. The van der Waals surface area contributed by atoms with Gasteiger partial charge in [0.1, 0.15) is 0 Å². The summed E-state index contributed by atoms with van der Waals surface area (Å²) in [5.41, 5.74) is 0. The summed E-state index contributed by atoms with van der Waals surface area (Å²) in [6, 6.07) is 0. The minimum absolute atomic E-state index is 0. The van der Waals surface area contributed by atoms with Crippen molar-refractivity contribution < 1.29 is 36.5 Å². The van der Waals surface area contributed by atoms with Crippen LogP contribution in [0.25, 0.3) is 0 Å². The van der Waals surface area contributed by atoms with Gasteiger partial charge in [0.25, 0.3) is 0 Å².